The first-order valence-corrected chi connectivity index (χ1v) is 10.8. The molecule has 0 N–H and O–H groups in total. The van der Waals surface area contributed by atoms with E-state index in [1.54, 1.807) is 0 Å². The third-order valence-corrected chi connectivity index (χ3v) is 6.01. The van der Waals surface area contributed by atoms with Crippen molar-refractivity contribution in [3.63, 3.8) is 0 Å². The summed E-state index contributed by atoms with van der Waals surface area (Å²) < 4.78 is 8.45. The van der Waals surface area contributed by atoms with Gasteiger partial charge in [-0.3, -0.25) is 4.57 Å². The molecule has 0 spiro atoms. The van der Waals surface area contributed by atoms with Crippen molar-refractivity contribution in [3.05, 3.63) is 40.4 Å². The molecule has 0 bridgehead atoms. The average molecular weight is 390 g/mol. The van der Waals surface area contributed by atoms with E-state index < -0.39 is 0 Å². The van der Waals surface area contributed by atoms with E-state index in [4.69, 9.17) is 16.3 Å². The first kappa shape index (κ1) is 20.3. The number of benzene rings is 1. The van der Waals surface area contributed by atoms with E-state index in [2.05, 4.69) is 54.6 Å². The molecule has 1 saturated carbocycles. The maximum absolute atomic E-state index is 6.23. The molecule has 1 heterocycles. The third kappa shape index (κ3) is 4.55. The molecule has 27 heavy (non-hydrogen) atoms. The fourth-order valence-corrected chi connectivity index (χ4v) is 4.22. The zero-order valence-corrected chi connectivity index (χ0v) is 17.8. The summed E-state index contributed by atoms with van der Waals surface area (Å²) in [5.74, 6) is 2.57. The van der Waals surface area contributed by atoms with Crippen LogP contribution in [0.15, 0.2) is 18.2 Å². The van der Waals surface area contributed by atoms with Gasteiger partial charge in [-0.05, 0) is 69.2 Å². The van der Waals surface area contributed by atoms with Crippen LogP contribution in [0.3, 0.4) is 0 Å². The molecule has 1 aliphatic rings. The summed E-state index contributed by atoms with van der Waals surface area (Å²) in [5, 5.41) is 9.92. The van der Waals surface area contributed by atoms with E-state index in [1.165, 1.54) is 11.3 Å². The molecule has 148 valence electrons. The van der Waals surface area contributed by atoms with Gasteiger partial charge in [0.15, 0.2) is 0 Å². The van der Waals surface area contributed by atoms with Crippen LogP contribution in [0.4, 0.5) is 0 Å². The summed E-state index contributed by atoms with van der Waals surface area (Å²) in [6.45, 7) is 8.66. The third-order valence-electron chi connectivity index (χ3n) is 5.77. The van der Waals surface area contributed by atoms with Crippen molar-refractivity contribution in [1.82, 2.24) is 14.8 Å². The Bertz CT molecular complexity index is 750. The van der Waals surface area contributed by atoms with Gasteiger partial charge in [0, 0.05) is 17.4 Å². The zero-order chi connectivity index (χ0) is 19.4. The molecule has 1 unspecified atom stereocenters. The monoisotopic (exact) mass is 389 g/mol. The summed E-state index contributed by atoms with van der Waals surface area (Å²) in [4.78, 5) is 0. The van der Waals surface area contributed by atoms with Gasteiger partial charge in [-0.25, -0.2) is 0 Å². The SMILES string of the molecule is CCc1cc(Cl)ccc1-n1c(CC)nnc1C1CCC(OC(C)CC)CC1. The first-order valence-electron chi connectivity index (χ1n) is 10.5. The van der Waals surface area contributed by atoms with Gasteiger partial charge in [0.2, 0.25) is 0 Å². The van der Waals surface area contributed by atoms with E-state index in [0.717, 1.165) is 61.6 Å². The Morgan fingerprint density at radius 1 is 1.11 bits per heavy atom. The number of ether oxygens (including phenoxy) is 1. The Hall–Kier alpha value is -1.39. The number of hydrogen-bond acceptors (Lipinski definition) is 3. The van der Waals surface area contributed by atoms with Crippen molar-refractivity contribution in [3.8, 4) is 5.69 Å². The number of rotatable bonds is 7. The highest BCUT2D eigenvalue weighted by Crippen LogP contribution is 2.36. The molecule has 1 aliphatic carbocycles. The van der Waals surface area contributed by atoms with E-state index in [-0.39, 0.29) is 0 Å². The van der Waals surface area contributed by atoms with Crippen LogP contribution < -0.4 is 0 Å². The summed E-state index contributed by atoms with van der Waals surface area (Å²) in [7, 11) is 0. The molecule has 0 amide bonds. The lowest BCUT2D eigenvalue weighted by atomic mass is 9.86. The molecule has 4 nitrogen and oxygen atoms in total. The van der Waals surface area contributed by atoms with Crippen molar-refractivity contribution in [2.75, 3.05) is 0 Å². The van der Waals surface area contributed by atoms with Crippen molar-refractivity contribution in [1.29, 1.82) is 0 Å². The number of aryl methyl sites for hydroxylation is 2. The lowest BCUT2D eigenvalue weighted by Gasteiger charge is -2.30. The number of halogens is 1. The van der Waals surface area contributed by atoms with Crippen LogP contribution in [0.2, 0.25) is 5.02 Å². The molecule has 1 aromatic heterocycles. The predicted molar refractivity (Wildman–Crippen MR) is 111 cm³/mol. The smallest absolute Gasteiger partial charge is 0.140 e. The van der Waals surface area contributed by atoms with Crippen LogP contribution in [-0.4, -0.2) is 27.0 Å². The average Bonchev–Trinajstić information content (AvgIpc) is 3.12. The summed E-state index contributed by atoms with van der Waals surface area (Å²) in [6, 6.07) is 6.15. The summed E-state index contributed by atoms with van der Waals surface area (Å²) in [5.41, 5.74) is 2.42. The lowest BCUT2D eigenvalue weighted by molar-refractivity contribution is -0.0251. The minimum absolute atomic E-state index is 0.350. The number of aromatic nitrogens is 3. The molecule has 1 atom stereocenters. The van der Waals surface area contributed by atoms with Gasteiger partial charge >= 0.3 is 0 Å². The van der Waals surface area contributed by atoms with Gasteiger partial charge in [-0.2, -0.15) is 0 Å². The quantitative estimate of drug-likeness (QED) is 0.592. The molecular formula is C22H32ClN3O. The van der Waals surface area contributed by atoms with E-state index in [1.807, 2.05) is 6.07 Å². The van der Waals surface area contributed by atoms with Gasteiger partial charge < -0.3 is 4.74 Å². The Kier molecular flexibility index (Phi) is 6.93. The number of nitrogens with zero attached hydrogens (tertiary/aromatic N) is 3. The maximum Gasteiger partial charge on any atom is 0.140 e. The Morgan fingerprint density at radius 2 is 1.85 bits per heavy atom. The molecule has 0 saturated heterocycles. The Labute approximate surface area is 168 Å². The second-order valence-electron chi connectivity index (χ2n) is 7.62. The molecular weight excluding hydrogens is 358 g/mol. The van der Waals surface area contributed by atoms with Gasteiger partial charge in [0.05, 0.1) is 17.9 Å². The second kappa shape index (κ2) is 9.20. The molecule has 2 aromatic rings. The second-order valence-corrected chi connectivity index (χ2v) is 8.05. The largest absolute Gasteiger partial charge is 0.375 e. The molecule has 5 heteroatoms. The van der Waals surface area contributed by atoms with Gasteiger partial charge in [0.25, 0.3) is 0 Å². The normalized spacial score (nSPS) is 21.4. The van der Waals surface area contributed by atoms with Crippen molar-refractivity contribution >= 4 is 11.6 Å². The summed E-state index contributed by atoms with van der Waals surface area (Å²) in [6.07, 6.45) is 8.04. The van der Waals surface area contributed by atoms with Crippen LogP contribution in [0.1, 0.15) is 82.9 Å². The van der Waals surface area contributed by atoms with Gasteiger partial charge in [-0.1, -0.05) is 32.4 Å². The van der Waals surface area contributed by atoms with Crippen LogP contribution in [0, 0.1) is 0 Å². The number of hydrogen-bond donors (Lipinski definition) is 0. The molecule has 0 radical (unpaired) electrons. The first-order chi connectivity index (χ1) is 13.1. The molecule has 1 fully saturated rings. The molecule has 1 aromatic carbocycles. The highest BCUT2D eigenvalue weighted by Gasteiger charge is 2.29. The summed E-state index contributed by atoms with van der Waals surface area (Å²) >= 11 is 6.23. The minimum atomic E-state index is 0.350. The highest BCUT2D eigenvalue weighted by atomic mass is 35.5. The topological polar surface area (TPSA) is 39.9 Å². The fraction of sp³-hybridized carbons (Fsp3) is 0.636. The minimum Gasteiger partial charge on any atom is -0.375 e. The van der Waals surface area contributed by atoms with Crippen LogP contribution >= 0.6 is 11.6 Å². The van der Waals surface area contributed by atoms with Crippen LogP contribution in [0.25, 0.3) is 5.69 Å². The van der Waals surface area contributed by atoms with E-state index in [9.17, 15) is 0 Å². The molecule has 3 rings (SSSR count). The lowest BCUT2D eigenvalue weighted by Crippen LogP contribution is -2.25. The Morgan fingerprint density at radius 3 is 2.48 bits per heavy atom. The standard InChI is InChI=1S/C22H32ClN3O/c1-5-15(4)27-19-11-8-17(9-12-19)22-25-24-21(7-3)26(22)20-13-10-18(23)14-16(20)6-2/h10,13-15,17,19H,5-9,11-12H2,1-4H3. The highest BCUT2D eigenvalue weighted by molar-refractivity contribution is 6.30. The van der Waals surface area contributed by atoms with E-state index in [0.29, 0.717) is 18.1 Å². The van der Waals surface area contributed by atoms with Crippen molar-refractivity contribution in [2.45, 2.75) is 90.8 Å². The van der Waals surface area contributed by atoms with Crippen molar-refractivity contribution < 1.29 is 4.74 Å². The fourth-order valence-electron chi connectivity index (χ4n) is 4.02. The van der Waals surface area contributed by atoms with Crippen molar-refractivity contribution in [2.24, 2.45) is 0 Å². The molecule has 0 aliphatic heterocycles. The Balaban J connectivity index is 1.85. The maximum atomic E-state index is 6.23. The van der Waals surface area contributed by atoms with Gasteiger partial charge in [-0.15, -0.1) is 10.2 Å². The predicted octanol–water partition coefficient (Wildman–Crippen LogP) is 5.89. The van der Waals surface area contributed by atoms with Crippen LogP contribution in [-0.2, 0) is 17.6 Å². The van der Waals surface area contributed by atoms with Gasteiger partial charge in [0.1, 0.15) is 11.6 Å². The van der Waals surface area contributed by atoms with Crippen LogP contribution in [0.5, 0.6) is 0 Å². The zero-order valence-electron chi connectivity index (χ0n) is 17.0. The van der Waals surface area contributed by atoms with E-state index >= 15 is 0 Å².